The van der Waals surface area contributed by atoms with Crippen LogP contribution in [-0.2, 0) is 16.1 Å². The number of nitrogens with zero attached hydrogens (tertiary/aromatic N) is 2. The summed E-state index contributed by atoms with van der Waals surface area (Å²) < 4.78 is 6.47. The van der Waals surface area contributed by atoms with Gasteiger partial charge in [0.15, 0.2) is 6.61 Å². The van der Waals surface area contributed by atoms with Crippen molar-refractivity contribution >= 4 is 23.5 Å². The van der Waals surface area contributed by atoms with Gasteiger partial charge in [0.05, 0.1) is 12.2 Å². The van der Waals surface area contributed by atoms with Crippen LogP contribution in [-0.4, -0.2) is 35.3 Å². The molecule has 0 aliphatic rings. The summed E-state index contributed by atoms with van der Waals surface area (Å²) in [5, 5.41) is 6.85. The van der Waals surface area contributed by atoms with E-state index in [0.717, 1.165) is 11.1 Å². The topological polar surface area (TPSA) is 73.2 Å². The van der Waals surface area contributed by atoms with Crippen molar-refractivity contribution in [3.63, 3.8) is 0 Å². The molecule has 122 valence electrons. The molecule has 2 aromatic rings. The Morgan fingerprint density at radius 2 is 1.91 bits per heavy atom. The fourth-order valence-electron chi connectivity index (χ4n) is 2.03. The number of ether oxygens (including phenoxy) is 1. The molecule has 1 amide bonds. The number of amides is 1. The predicted octanol–water partition coefficient (Wildman–Crippen LogP) is 2.10. The number of carbonyl (C=O) groups excluding carboxylic acids is 2. The molecule has 7 heteroatoms. The quantitative estimate of drug-likeness (QED) is 0.849. The van der Waals surface area contributed by atoms with E-state index in [0.29, 0.717) is 12.2 Å². The van der Waals surface area contributed by atoms with E-state index in [1.54, 1.807) is 6.92 Å². The minimum atomic E-state index is -0.661. The Hall–Kier alpha value is -2.34. The van der Waals surface area contributed by atoms with Gasteiger partial charge in [0.25, 0.3) is 5.91 Å². The molecule has 0 aliphatic carbocycles. The van der Waals surface area contributed by atoms with Crippen LogP contribution in [0.4, 0.5) is 0 Å². The fraction of sp³-hybridized carbons (Fsp3) is 0.312. The van der Waals surface area contributed by atoms with Crippen molar-refractivity contribution in [3.05, 3.63) is 51.8 Å². The number of hydrogen-bond donors (Lipinski definition) is 1. The van der Waals surface area contributed by atoms with Crippen LogP contribution in [0.25, 0.3) is 0 Å². The van der Waals surface area contributed by atoms with E-state index < -0.39 is 5.97 Å². The van der Waals surface area contributed by atoms with Crippen LogP contribution in [0.5, 0.6) is 0 Å². The zero-order valence-corrected chi connectivity index (χ0v) is 14.0. The molecular formula is C16H18ClN3O3. The van der Waals surface area contributed by atoms with Gasteiger partial charge in [-0.15, -0.1) is 0 Å². The largest absolute Gasteiger partial charge is 0.452 e. The third kappa shape index (κ3) is 4.10. The van der Waals surface area contributed by atoms with Crippen molar-refractivity contribution in [2.75, 3.05) is 13.7 Å². The Morgan fingerprint density at radius 3 is 2.52 bits per heavy atom. The van der Waals surface area contributed by atoms with Crippen molar-refractivity contribution < 1.29 is 14.3 Å². The van der Waals surface area contributed by atoms with Crippen LogP contribution in [0.15, 0.2) is 24.3 Å². The van der Waals surface area contributed by atoms with Gasteiger partial charge in [-0.25, -0.2) is 9.48 Å². The number of hydrogen-bond acceptors (Lipinski definition) is 4. The highest BCUT2D eigenvalue weighted by Crippen LogP contribution is 2.22. The Balaban J connectivity index is 2.16. The van der Waals surface area contributed by atoms with Crippen molar-refractivity contribution in [3.8, 4) is 0 Å². The van der Waals surface area contributed by atoms with Crippen molar-refractivity contribution in [2.45, 2.75) is 20.4 Å². The summed E-state index contributed by atoms with van der Waals surface area (Å²) in [4.78, 5) is 23.2. The second-order valence-corrected chi connectivity index (χ2v) is 5.50. The zero-order valence-electron chi connectivity index (χ0n) is 13.2. The van der Waals surface area contributed by atoms with E-state index in [-0.39, 0.29) is 23.2 Å². The first-order valence-electron chi connectivity index (χ1n) is 7.08. The number of carbonyl (C=O) groups is 2. The lowest BCUT2D eigenvalue weighted by molar-refractivity contribution is -0.123. The third-order valence-electron chi connectivity index (χ3n) is 3.34. The zero-order chi connectivity index (χ0) is 17.0. The number of aryl methyl sites for hydroxylation is 2. The molecule has 23 heavy (non-hydrogen) atoms. The molecule has 0 saturated heterocycles. The molecular weight excluding hydrogens is 318 g/mol. The molecule has 0 aliphatic heterocycles. The van der Waals surface area contributed by atoms with Gasteiger partial charge in [0, 0.05) is 7.05 Å². The lowest BCUT2D eigenvalue weighted by Gasteiger charge is -2.05. The summed E-state index contributed by atoms with van der Waals surface area (Å²) in [5.74, 6) is -1.05. The summed E-state index contributed by atoms with van der Waals surface area (Å²) in [5.41, 5.74) is 2.83. The van der Waals surface area contributed by atoms with E-state index >= 15 is 0 Å². The molecule has 1 aromatic heterocycles. The SMILES string of the molecule is CNC(=O)COC(=O)c1c(C)nn(Cc2ccc(C)cc2)c1Cl. The molecule has 1 aromatic carbocycles. The average Bonchev–Trinajstić information content (AvgIpc) is 2.81. The summed E-state index contributed by atoms with van der Waals surface area (Å²) in [6, 6.07) is 7.95. The van der Waals surface area contributed by atoms with Crippen LogP contribution >= 0.6 is 11.6 Å². The van der Waals surface area contributed by atoms with Crippen molar-refractivity contribution in [1.29, 1.82) is 0 Å². The molecule has 1 heterocycles. The third-order valence-corrected chi connectivity index (χ3v) is 3.72. The number of nitrogens with one attached hydrogen (secondary N) is 1. The van der Waals surface area contributed by atoms with Gasteiger partial charge >= 0.3 is 5.97 Å². The van der Waals surface area contributed by atoms with E-state index in [2.05, 4.69) is 10.4 Å². The second kappa shape index (κ2) is 7.28. The first-order chi connectivity index (χ1) is 10.9. The Kier molecular flexibility index (Phi) is 5.39. The molecule has 0 radical (unpaired) electrons. The van der Waals surface area contributed by atoms with Crippen LogP contribution in [0.1, 0.15) is 27.2 Å². The molecule has 0 atom stereocenters. The van der Waals surface area contributed by atoms with Gasteiger partial charge < -0.3 is 10.1 Å². The van der Waals surface area contributed by atoms with Gasteiger partial charge in [-0.05, 0) is 19.4 Å². The molecule has 6 nitrogen and oxygen atoms in total. The van der Waals surface area contributed by atoms with Crippen molar-refractivity contribution in [2.24, 2.45) is 0 Å². The van der Waals surface area contributed by atoms with E-state index in [1.165, 1.54) is 11.7 Å². The minimum Gasteiger partial charge on any atom is -0.452 e. The molecule has 1 N–H and O–H groups in total. The number of aromatic nitrogens is 2. The minimum absolute atomic E-state index is 0.183. The first kappa shape index (κ1) is 17.0. The van der Waals surface area contributed by atoms with Crippen LogP contribution in [0, 0.1) is 13.8 Å². The van der Waals surface area contributed by atoms with Gasteiger partial charge in [0.2, 0.25) is 0 Å². The normalized spacial score (nSPS) is 10.4. The monoisotopic (exact) mass is 335 g/mol. The maximum Gasteiger partial charge on any atom is 0.343 e. The number of benzene rings is 1. The van der Waals surface area contributed by atoms with Gasteiger partial charge in [0.1, 0.15) is 10.7 Å². The lowest BCUT2D eigenvalue weighted by atomic mass is 10.1. The van der Waals surface area contributed by atoms with Crippen molar-refractivity contribution in [1.82, 2.24) is 15.1 Å². The Morgan fingerprint density at radius 1 is 1.26 bits per heavy atom. The number of halogens is 1. The molecule has 0 fully saturated rings. The number of likely N-dealkylation sites (N-methyl/N-ethyl adjacent to an activating group) is 1. The van der Waals surface area contributed by atoms with Crippen LogP contribution in [0.3, 0.4) is 0 Å². The average molecular weight is 336 g/mol. The first-order valence-corrected chi connectivity index (χ1v) is 7.46. The molecule has 0 bridgehead atoms. The van der Waals surface area contributed by atoms with Crippen LogP contribution in [0.2, 0.25) is 5.15 Å². The fourth-order valence-corrected chi connectivity index (χ4v) is 2.34. The standard InChI is InChI=1S/C16H18ClN3O3/c1-10-4-6-12(7-5-10)8-20-15(17)14(11(2)19-20)16(22)23-9-13(21)18-3/h4-7H,8-9H2,1-3H3,(H,18,21). The second-order valence-electron chi connectivity index (χ2n) is 5.14. The Bertz CT molecular complexity index is 723. The molecule has 2 rings (SSSR count). The number of esters is 1. The van der Waals surface area contributed by atoms with Crippen LogP contribution < -0.4 is 5.32 Å². The summed E-state index contributed by atoms with van der Waals surface area (Å²) in [6.07, 6.45) is 0. The smallest absolute Gasteiger partial charge is 0.343 e. The molecule has 0 saturated carbocycles. The number of rotatable bonds is 5. The maximum absolute atomic E-state index is 12.1. The predicted molar refractivity (Wildman–Crippen MR) is 86.6 cm³/mol. The highest BCUT2D eigenvalue weighted by Gasteiger charge is 2.22. The van der Waals surface area contributed by atoms with Gasteiger partial charge in [-0.3, -0.25) is 4.79 Å². The molecule has 0 unspecified atom stereocenters. The summed E-state index contributed by atoms with van der Waals surface area (Å²) in [7, 11) is 1.47. The van der Waals surface area contributed by atoms with E-state index in [1.807, 2.05) is 31.2 Å². The highest BCUT2D eigenvalue weighted by atomic mass is 35.5. The van der Waals surface area contributed by atoms with Gasteiger partial charge in [-0.1, -0.05) is 41.4 Å². The van der Waals surface area contributed by atoms with E-state index in [4.69, 9.17) is 16.3 Å². The summed E-state index contributed by atoms with van der Waals surface area (Å²) >= 11 is 6.25. The van der Waals surface area contributed by atoms with Gasteiger partial charge in [-0.2, -0.15) is 5.10 Å². The highest BCUT2D eigenvalue weighted by molar-refractivity contribution is 6.32. The molecule has 0 spiro atoms. The van der Waals surface area contributed by atoms with E-state index in [9.17, 15) is 9.59 Å². The maximum atomic E-state index is 12.1. The Labute approximate surface area is 139 Å². The lowest BCUT2D eigenvalue weighted by Crippen LogP contribution is -2.25. The summed E-state index contributed by atoms with van der Waals surface area (Å²) in [6.45, 7) is 3.78.